The molecule has 0 saturated heterocycles. The van der Waals surface area contributed by atoms with E-state index in [0.717, 1.165) is 5.92 Å². The van der Waals surface area contributed by atoms with Gasteiger partial charge in [-0.3, -0.25) is 0 Å². The van der Waals surface area contributed by atoms with Crippen molar-refractivity contribution in [1.29, 1.82) is 0 Å². The van der Waals surface area contributed by atoms with Crippen LogP contribution >= 0.6 is 11.3 Å². The Morgan fingerprint density at radius 2 is 1.80 bits per heavy atom. The zero-order valence-corrected chi connectivity index (χ0v) is 12.3. The summed E-state index contributed by atoms with van der Waals surface area (Å²) in [4.78, 5) is 1.52. The summed E-state index contributed by atoms with van der Waals surface area (Å²) in [5, 5.41) is 4.92. The Kier molecular flexibility index (Phi) is 3.08. The molecule has 1 aromatic heterocycles. The number of benzene rings is 2. The molecule has 1 fully saturated rings. The van der Waals surface area contributed by atoms with E-state index in [1.54, 1.807) is 0 Å². The highest BCUT2D eigenvalue weighted by atomic mass is 32.1. The van der Waals surface area contributed by atoms with Gasteiger partial charge in [0.15, 0.2) is 0 Å². The zero-order chi connectivity index (χ0) is 13.4. The van der Waals surface area contributed by atoms with Crippen molar-refractivity contribution in [3.63, 3.8) is 0 Å². The fraction of sp³-hybridized carbons (Fsp3) is 0.263. The Morgan fingerprint density at radius 1 is 0.950 bits per heavy atom. The van der Waals surface area contributed by atoms with Gasteiger partial charge in [-0.2, -0.15) is 0 Å². The minimum atomic E-state index is 0.707. The van der Waals surface area contributed by atoms with Gasteiger partial charge >= 0.3 is 0 Å². The summed E-state index contributed by atoms with van der Waals surface area (Å²) in [7, 11) is 0. The molecule has 1 heteroatoms. The molecule has 0 radical (unpaired) electrons. The maximum Gasteiger partial charge on any atom is 0.00514 e. The molecule has 1 aliphatic rings. The van der Waals surface area contributed by atoms with E-state index >= 15 is 0 Å². The Hall–Kier alpha value is -1.60. The normalized spacial score (nSPS) is 16.4. The predicted octanol–water partition coefficient (Wildman–Crippen LogP) is 5.64. The van der Waals surface area contributed by atoms with Gasteiger partial charge in [0.05, 0.1) is 0 Å². The van der Waals surface area contributed by atoms with Gasteiger partial charge < -0.3 is 0 Å². The highest BCUT2D eigenvalue weighted by molar-refractivity contribution is 7.09. The highest BCUT2D eigenvalue weighted by Gasteiger charge is 2.32. The van der Waals surface area contributed by atoms with Crippen molar-refractivity contribution in [2.24, 2.45) is 5.92 Å². The standard InChI is InChI=1S/C19H18S/c1-2-5-16-12-17(10-7-14(16)4-1)19(15-8-9-15)13-18-6-3-11-20-18/h1-7,10-12,15,19H,8-9,13H2. The topological polar surface area (TPSA) is 0 Å². The van der Waals surface area contributed by atoms with Crippen molar-refractivity contribution in [1.82, 2.24) is 0 Å². The maximum atomic E-state index is 2.41. The Morgan fingerprint density at radius 3 is 2.55 bits per heavy atom. The average Bonchev–Trinajstić information content (AvgIpc) is 3.21. The summed E-state index contributed by atoms with van der Waals surface area (Å²) in [5.74, 6) is 1.61. The first kappa shape index (κ1) is 12.2. The monoisotopic (exact) mass is 278 g/mol. The van der Waals surface area contributed by atoms with E-state index in [1.807, 2.05) is 11.3 Å². The molecule has 3 aromatic rings. The SMILES string of the molecule is c1csc(CC(c2ccc3ccccc3c2)C2CC2)c1. The van der Waals surface area contributed by atoms with Crippen molar-refractivity contribution < 1.29 is 0 Å². The molecule has 1 atom stereocenters. The summed E-state index contributed by atoms with van der Waals surface area (Å²) in [6.45, 7) is 0. The van der Waals surface area contributed by atoms with Crippen LogP contribution < -0.4 is 0 Å². The fourth-order valence-corrected chi connectivity index (χ4v) is 3.90. The van der Waals surface area contributed by atoms with Crippen LogP contribution in [-0.4, -0.2) is 0 Å². The third kappa shape index (κ3) is 2.38. The molecule has 100 valence electrons. The second-order valence-electron chi connectivity index (χ2n) is 5.83. The Bertz CT molecular complexity index is 707. The van der Waals surface area contributed by atoms with Crippen molar-refractivity contribution in [3.05, 3.63) is 70.4 Å². The molecular weight excluding hydrogens is 260 g/mol. The molecule has 2 aromatic carbocycles. The van der Waals surface area contributed by atoms with E-state index < -0.39 is 0 Å². The van der Waals surface area contributed by atoms with Gasteiger partial charge in [0.2, 0.25) is 0 Å². The number of fused-ring (bicyclic) bond motifs is 1. The summed E-state index contributed by atoms with van der Waals surface area (Å²) in [5.41, 5.74) is 1.53. The molecule has 1 saturated carbocycles. The number of thiophene rings is 1. The van der Waals surface area contributed by atoms with Crippen molar-refractivity contribution in [2.45, 2.75) is 25.2 Å². The van der Waals surface area contributed by atoms with Gasteiger partial charge in [-0.25, -0.2) is 0 Å². The molecule has 1 aliphatic carbocycles. The minimum absolute atomic E-state index is 0.707. The summed E-state index contributed by atoms with van der Waals surface area (Å²) >= 11 is 1.89. The van der Waals surface area contributed by atoms with Crippen LogP contribution in [-0.2, 0) is 6.42 Å². The molecule has 4 rings (SSSR count). The molecule has 20 heavy (non-hydrogen) atoms. The minimum Gasteiger partial charge on any atom is -0.149 e. The Labute approximate surface area is 124 Å². The quantitative estimate of drug-likeness (QED) is 0.579. The maximum absolute atomic E-state index is 2.41. The first-order chi connectivity index (χ1) is 9.90. The third-order valence-corrected chi connectivity index (χ3v) is 5.29. The molecule has 0 aliphatic heterocycles. The highest BCUT2D eigenvalue weighted by Crippen LogP contribution is 2.45. The molecule has 0 nitrogen and oxygen atoms in total. The van der Waals surface area contributed by atoms with E-state index in [0.29, 0.717) is 5.92 Å². The van der Waals surface area contributed by atoms with Crippen LogP contribution in [0.2, 0.25) is 0 Å². The number of hydrogen-bond donors (Lipinski definition) is 0. The van der Waals surface area contributed by atoms with E-state index in [4.69, 9.17) is 0 Å². The lowest BCUT2D eigenvalue weighted by atomic mass is 9.89. The van der Waals surface area contributed by atoms with Crippen molar-refractivity contribution >= 4 is 22.1 Å². The van der Waals surface area contributed by atoms with Gasteiger partial charge in [-0.15, -0.1) is 11.3 Å². The average molecular weight is 278 g/mol. The van der Waals surface area contributed by atoms with Crippen LogP contribution in [0.4, 0.5) is 0 Å². The van der Waals surface area contributed by atoms with Gasteiger partial charge in [0.25, 0.3) is 0 Å². The molecule has 0 spiro atoms. The van der Waals surface area contributed by atoms with Crippen LogP contribution in [0, 0.1) is 5.92 Å². The summed E-state index contributed by atoms with van der Waals surface area (Å²) in [6, 6.07) is 20.2. The van der Waals surface area contributed by atoms with Crippen LogP contribution in [0.5, 0.6) is 0 Å². The lowest BCUT2D eigenvalue weighted by molar-refractivity contribution is 0.607. The van der Waals surface area contributed by atoms with E-state index in [1.165, 1.54) is 40.5 Å². The van der Waals surface area contributed by atoms with Crippen LogP contribution in [0.1, 0.15) is 29.2 Å². The first-order valence-electron chi connectivity index (χ1n) is 7.41. The first-order valence-corrected chi connectivity index (χ1v) is 8.29. The van der Waals surface area contributed by atoms with Gasteiger partial charge in [-0.05, 0) is 58.9 Å². The van der Waals surface area contributed by atoms with Crippen LogP contribution in [0.25, 0.3) is 10.8 Å². The largest absolute Gasteiger partial charge is 0.149 e. The van der Waals surface area contributed by atoms with Crippen molar-refractivity contribution in [2.75, 3.05) is 0 Å². The van der Waals surface area contributed by atoms with E-state index in [9.17, 15) is 0 Å². The van der Waals surface area contributed by atoms with E-state index in [-0.39, 0.29) is 0 Å². The lowest BCUT2D eigenvalue weighted by Crippen LogP contribution is -2.04. The lowest BCUT2D eigenvalue weighted by Gasteiger charge is -2.16. The molecule has 1 unspecified atom stereocenters. The van der Waals surface area contributed by atoms with Gasteiger partial charge in [0, 0.05) is 4.88 Å². The summed E-state index contributed by atoms with van der Waals surface area (Å²) < 4.78 is 0. The summed E-state index contributed by atoms with van der Waals surface area (Å²) in [6.07, 6.45) is 4.02. The van der Waals surface area contributed by atoms with Crippen molar-refractivity contribution in [3.8, 4) is 0 Å². The van der Waals surface area contributed by atoms with Crippen LogP contribution in [0.3, 0.4) is 0 Å². The molecule has 1 heterocycles. The molecule has 0 N–H and O–H groups in total. The van der Waals surface area contributed by atoms with Gasteiger partial charge in [0.1, 0.15) is 0 Å². The van der Waals surface area contributed by atoms with Gasteiger partial charge in [-0.1, -0.05) is 48.5 Å². The fourth-order valence-electron chi connectivity index (χ4n) is 3.14. The second kappa shape index (κ2) is 5.06. The molecular formula is C19H18S. The molecule has 0 bridgehead atoms. The van der Waals surface area contributed by atoms with E-state index in [2.05, 4.69) is 60.0 Å². The second-order valence-corrected chi connectivity index (χ2v) is 6.87. The molecule has 0 amide bonds. The zero-order valence-electron chi connectivity index (χ0n) is 11.5. The number of hydrogen-bond acceptors (Lipinski definition) is 1. The smallest absolute Gasteiger partial charge is 0.00514 e. The van der Waals surface area contributed by atoms with Crippen LogP contribution in [0.15, 0.2) is 60.0 Å². The Balaban J connectivity index is 1.70. The predicted molar refractivity (Wildman–Crippen MR) is 87.4 cm³/mol. The number of rotatable bonds is 4. The third-order valence-electron chi connectivity index (χ3n) is 4.39.